The third-order valence-corrected chi connectivity index (χ3v) is 12.3. The summed E-state index contributed by atoms with van der Waals surface area (Å²) >= 11 is 6.30. The number of carbonyl (C=O) groups is 3. The molecule has 6 heterocycles. The Kier molecular flexibility index (Phi) is 13.7. The zero-order valence-electron chi connectivity index (χ0n) is 34.3. The van der Waals surface area contributed by atoms with E-state index in [2.05, 4.69) is 45.6 Å². The van der Waals surface area contributed by atoms with Crippen LogP contribution in [0.3, 0.4) is 0 Å². The Morgan fingerprint density at radius 3 is 2.28 bits per heavy atom. The lowest BCUT2D eigenvalue weighted by Crippen LogP contribution is -2.64. The first kappa shape index (κ1) is 42.1. The molecule has 0 spiro atoms. The van der Waals surface area contributed by atoms with Crippen LogP contribution in [0.25, 0.3) is 11.0 Å². The van der Waals surface area contributed by atoms with Gasteiger partial charge in [-0.15, -0.1) is 0 Å². The van der Waals surface area contributed by atoms with E-state index in [1.54, 1.807) is 20.8 Å². The van der Waals surface area contributed by atoms with Crippen LogP contribution in [0.15, 0.2) is 42.9 Å². The molecule has 3 aromatic rings. The molecule has 4 aliphatic rings. The molecule has 4 N–H and O–H groups in total. The molecule has 4 fully saturated rings. The smallest absolute Gasteiger partial charge is 0.408 e. The second kappa shape index (κ2) is 18.9. The summed E-state index contributed by atoms with van der Waals surface area (Å²) in [6, 6.07) is 9.16. The van der Waals surface area contributed by atoms with Crippen LogP contribution in [0.1, 0.15) is 77.3 Å². The van der Waals surface area contributed by atoms with Gasteiger partial charge in [0, 0.05) is 70.1 Å². The number of likely N-dealkylation sites (tertiary alicyclic amines) is 1. The maximum absolute atomic E-state index is 14.6. The molecule has 0 saturated carbocycles. The number of ether oxygens (including phenoxy) is 2. The highest BCUT2D eigenvalue weighted by molar-refractivity contribution is 6.30. The van der Waals surface area contributed by atoms with Gasteiger partial charge in [-0.2, -0.15) is 0 Å². The molecule has 0 aliphatic carbocycles. The van der Waals surface area contributed by atoms with E-state index in [-0.39, 0.29) is 17.9 Å². The van der Waals surface area contributed by atoms with Gasteiger partial charge in [0.2, 0.25) is 11.8 Å². The quantitative estimate of drug-likeness (QED) is 0.209. The van der Waals surface area contributed by atoms with Crippen LogP contribution >= 0.6 is 11.6 Å². The number of aromatic nitrogens is 3. The van der Waals surface area contributed by atoms with Gasteiger partial charge in [0.25, 0.3) is 0 Å². The summed E-state index contributed by atoms with van der Waals surface area (Å²) < 4.78 is 12.1. The fourth-order valence-electron chi connectivity index (χ4n) is 8.66. The van der Waals surface area contributed by atoms with Gasteiger partial charge >= 0.3 is 6.09 Å². The Bertz CT molecular complexity index is 1820. The number of hydrogen-bond donors (Lipinski definition) is 4. The lowest BCUT2D eigenvalue weighted by atomic mass is 9.85. The van der Waals surface area contributed by atoms with Crippen molar-refractivity contribution in [1.82, 2.24) is 45.6 Å². The van der Waals surface area contributed by atoms with Crippen LogP contribution < -0.4 is 20.9 Å². The number of halogens is 1. The number of nitrogens with one attached hydrogen (secondary N) is 4. The number of piperazine rings is 1. The minimum Gasteiger partial charge on any atom is -0.444 e. The molecular weight excluding hydrogens is 760 g/mol. The van der Waals surface area contributed by atoms with Crippen molar-refractivity contribution < 1.29 is 23.9 Å². The molecule has 316 valence electrons. The van der Waals surface area contributed by atoms with Gasteiger partial charge < -0.3 is 40.2 Å². The Hall–Kier alpha value is -4.02. The predicted octanol–water partition coefficient (Wildman–Crippen LogP) is 4.10. The average Bonchev–Trinajstić information content (AvgIpc) is 3.70. The monoisotopic (exact) mass is 820 g/mol. The molecule has 7 rings (SSSR count). The van der Waals surface area contributed by atoms with Crippen molar-refractivity contribution in [3.63, 3.8) is 0 Å². The summed E-state index contributed by atoms with van der Waals surface area (Å²) in [5.74, 6) is 0.718. The van der Waals surface area contributed by atoms with E-state index < -0.39 is 17.2 Å². The molecule has 0 radical (unpaired) electrons. The Balaban J connectivity index is 0.947. The average molecular weight is 821 g/mol. The summed E-state index contributed by atoms with van der Waals surface area (Å²) in [6.07, 6.45) is 8.86. The predicted molar refractivity (Wildman–Crippen MR) is 224 cm³/mol. The van der Waals surface area contributed by atoms with Gasteiger partial charge in [-0.05, 0) is 103 Å². The molecule has 3 amide bonds. The van der Waals surface area contributed by atoms with Gasteiger partial charge in [0.05, 0.1) is 30.2 Å². The van der Waals surface area contributed by atoms with Crippen molar-refractivity contribution in [2.24, 2.45) is 0 Å². The molecule has 0 bridgehead atoms. The van der Waals surface area contributed by atoms with E-state index in [0.717, 1.165) is 93.9 Å². The molecule has 2 aromatic heterocycles. The van der Waals surface area contributed by atoms with E-state index in [0.29, 0.717) is 69.2 Å². The van der Waals surface area contributed by atoms with Gasteiger partial charge in [0.1, 0.15) is 28.9 Å². The highest BCUT2D eigenvalue weighted by Gasteiger charge is 2.45. The number of anilines is 1. The molecular formula is C42H61ClN10O5. The molecule has 4 saturated heterocycles. The van der Waals surface area contributed by atoms with Crippen molar-refractivity contribution >= 4 is 46.4 Å². The molecule has 1 aromatic carbocycles. The van der Waals surface area contributed by atoms with Crippen LogP contribution in [0, 0.1) is 0 Å². The van der Waals surface area contributed by atoms with Crippen LogP contribution in [0.4, 0.5) is 10.6 Å². The number of piperidine rings is 3. The van der Waals surface area contributed by atoms with E-state index in [4.69, 9.17) is 21.1 Å². The normalized spacial score (nSPS) is 20.8. The fourth-order valence-corrected chi connectivity index (χ4v) is 8.79. The highest BCUT2D eigenvalue weighted by atomic mass is 35.5. The standard InChI is InChI=1S/C42H61ClN10O5/c1-41(2,3)58-40(56)49-42(14-22-53(23-15-42)38-34-10-18-45-37(34)46-29-47-38)39(55)48-35(30-4-6-31(43)7-5-30)13-21-50-24-26-52(27-25-50)36(54)28-51-19-11-33(12-20-51)57-32-8-16-44-17-9-32/h4-7,10,18,29,32-33,35,44H,8-9,11-17,19-28H2,1-3H3,(H,48,55)(H,49,56)(H,45,46,47)/t35-/m0/s1. The number of aromatic amines is 1. The zero-order chi connectivity index (χ0) is 40.7. The third-order valence-electron chi connectivity index (χ3n) is 12.0. The minimum absolute atomic E-state index is 0.190. The van der Waals surface area contributed by atoms with Crippen molar-refractivity contribution in [3.05, 3.63) is 53.4 Å². The van der Waals surface area contributed by atoms with Crippen LogP contribution in [0.5, 0.6) is 0 Å². The molecule has 1 atom stereocenters. The lowest BCUT2D eigenvalue weighted by molar-refractivity contribution is -0.135. The highest BCUT2D eigenvalue weighted by Crippen LogP contribution is 2.31. The number of amides is 3. The Morgan fingerprint density at radius 1 is 0.897 bits per heavy atom. The number of benzene rings is 1. The SMILES string of the molecule is CC(C)(C)OC(=O)NC1(C(=O)N[C@@H](CCN2CCN(C(=O)CN3CCC(OC4CCNCC4)CC3)CC2)c2ccc(Cl)cc2)CCN(c2ncnc3[nH]ccc23)CC1. The third kappa shape index (κ3) is 11.0. The van der Waals surface area contributed by atoms with E-state index in [9.17, 15) is 14.4 Å². The first-order valence-electron chi connectivity index (χ1n) is 21.1. The van der Waals surface area contributed by atoms with Crippen LogP contribution in [-0.4, -0.2) is 149 Å². The maximum Gasteiger partial charge on any atom is 0.408 e. The van der Waals surface area contributed by atoms with Crippen molar-refractivity contribution in [2.45, 2.75) is 95.1 Å². The van der Waals surface area contributed by atoms with Crippen molar-refractivity contribution in [2.75, 3.05) is 83.4 Å². The molecule has 58 heavy (non-hydrogen) atoms. The van der Waals surface area contributed by atoms with E-state index in [1.807, 2.05) is 41.4 Å². The minimum atomic E-state index is -1.21. The topological polar surface area (TPSA) is 160 Å². The van der Waals surface area contributed by atoms with E-state index in [1.165, 1.54) is 6.33 Å². The van der Waals surface area contributed by atoms with Crippen LogP contribution in [-0.2, 0) is 19.1 Å². The molecule has 4 aliphatic heterocycles. The Labute approximate surface area is 346 Å². The molecule has 15 nitrogen and oxygen atoms in total. The van der Waals surface area contributed by atoms with Gasteiger partial charge in [-0.3, -0.25) is 19.4 Å². The summed E-state index contributed by atoms with van der Waals surface area (Å²) in [4.78, 5) is 62.1. The largest absolute Gasteiger partial charge is 0.444 e. The lowest BCUT2D eigenvalue weighted by Gasteiger charge is -2.42. The number of nitrogens with zero attached hydrogens (tertiary/aromatic N) is 6. The Morgan fingerprint density at radius 2 is 1.59 bits per heavy atom. The first-order chi connectivity index (χ1) is 27.9. The van der Waals surface area contributed by atoms with E-state index >= 15 is 0 Å². The van der Waals surface area contributed by atoms with Crippen molar-refractivity contribution in [1.29, 1.82) is 0 Å². The maximum atomic E-state index is 14.6. The fraction of sp³-hybridized carbons (Fsp3) is 0.643. The second-order valence-corrected chi connectivity index (χ2v) is 17.7. The second-order valence-electron chi connectivity index (χ2n) is 17.3. The number of alkyl carbamates (subject to hydrolysis) is 1. The number of H-pyrrole nitrogens is 1. The molecule has 0 unspecified atom stereocenters. The zero-order valence-corrected chi connectivity index (χ0v) is 35.1. The summed E-state index contributed by atoms with van der Waals surface area (Å²) in [5, 5.41) is 11.3. The van der Waals surface area contributed by atoms with Gasteiger partial charge in [-0.1, -0.05) is 23.7 Å². The van der Waals surface area contributed by atoms with Gasteiger partial charge in [-0.25, -0.2) is 14.8 Å². The molecule has 16 heteroatoms. The van der Waals surface area contributed by atoms with Gasteiger partial charge in [0.15, 0.2) is 0 Å². The summed E-state index contributed by atoms with van der Waals surface area (Å²) in [6.45, 7) is 14.3. The summed E-state index contributed by atoms with van der Waals surface area (Å²) in [7, 11) is 0. The summed E-state index contributed by atoms with van der Waals surface area (Å²) in [5.41, 5.74) is -0.273. The van der Waals surface area contributed by atoms with Crippen LogP contribution in [0.2, 0.25) is 5.02 Å². The number of fused-ring (bicyclic) bond motifs is 1. The number of carbonyl (C=O) groups excluding carboxylic acids is 3. The van der Waals surface area contributed by atoms with Crippen molar-refractivity contribution in [3.8, 4) is 0 Å². The number of hydrogen-bond acceptors (Lipinski definition) is 11. The number of rotatable bonds is 12. The first-order valence-corrected chi connectivity index (χ1v) is 21.5.